The highest BCUT2D eigenvalue weighted by Crippen LogP contribution is 2.34. The quantitative estimate of drug-likeness (QED) is 0.625. The molecule has 1 aliphatic heterocycles. The maximum absolute atomic E-state index is 9.55. The average molecular weight is 179 g/mol. The van der Waals surface area contributed by atoms with Gasteiger partial charge in [-0.05, 0) is 19.1 Å². The number of nitrogens with two attached hydrogens (primary N) is 1. The van der Waals surface area contributed by atoms with E-state index in [-0.39, 0.29) is 11.3 Å². The van der Waals surface area contributed by atoms with Gasteiger partial charge in [-0.1, -0.05) is 6.07 Å². The number of aromatic hydroxyl groups is 1. The fourth-order valence-corrected chi connectivity index (χ4v) is 1.56. The van der Waals surface area contributed by atoms with Crippen LogP contribution in [0.4, 0.5) is 0 Å². The molecule has 70 valence electrons. The summed E-state index contributed by atoms with van der Waals surface area (Å²) in [6.45, 7) is 2.42. The van der Waals surface area contributed by atoms with Crippen LogP contribution in [0.3, 0.4) is 0 Å². The summed E-state index contributed by atoms with van der Waals surface area (Å²) in [4.78, 5) is 0. The summed E-state index contributed by atoms with van der Waals surface area (Å²) >= 11 is 0. The van der Waals surface area contributed by atoms with E-state index in [1.807, 2.05) is 13.0 Å². The van der Waals surface area contributed by atoms with Crippen LogP contribution in [0.2, 0.25) is 0 Å². The highest BCUT2D eigenvalue weighted by molar-refractivity contribution is 5.46. The molecule has 0 fully saturated rings. The van der Waals surface area contributed by atoms with Crippen molar-refractivity contribution in [1.29, 1.82) is 0 Å². The van der Waals surface area contributed by atoms with Gasteiger partial charge >= 0.3 is 0 Å². The Morgan fingerprint density at radius 3 is 3.08 bits per heavy atom. The van der Waals surface area contributed by atoms with Crippen molar-refractivity contribution in [2.75, 3.05) is 6.61 Å². The SMILES string of the molecule is CC1(N)COc2cccc(O)c2C1. The number of benzene rings is 1. The van der Waals surface area contributed by atoms with Crippen LogP contribution < -0.4 is 10.5 Å². The predicted molar refractivity (Wildman–Crippen MR) is 49.9 cm³/mol. The van der Waals surface area contributed by atoms with E-state index in [4.69, 9.17) is 10.5 Å². The molecule has 2 rings (SSSR count). The molecule has 0 saturated heterocycles. The fourth-order valence-electron chi connectivity index (χ4n) is 1.56. The Balaban J connectivity index is 2.44. The van der Waals surface area contributed by atoms with Crippen molar-refractivity contribution in [3.05, 3.63) is 23.8 Å². The highest BCUT2D eigenvalue weighted by atomic mass is 16.5. The van der Waals surface area contributed by atoms with Gasteiger partial charge in [0.1, 0.15) is 18.1 Å². The van der Waals surface area contributed by atoms with Gasteiger partial charge in [0.05, 0.1) is 5.54 Å². The van der Waals surface area contributed by atoms with Gasteiger partial charge in [-0.15, -0.1) is 0 Å². The van der Waals surface area contributed by atoms with E-state index in [1.54, 1.807) is 12.1 Å². The van der Waals surface area contributed by atoms with Crippen LogP contribution in [0.5, 0.6) is 11.5 Å². The van der Waals surface area contributed by atoms with Crippen LogP contribution in [-0.2, 0) is 6.42 Å². The van der Waals surface area contributed by atoms with Crippen molar-refractivity contribution in [3.63, 3.8) is 0 Å². The second-order valence-corrected chi connectivity index (χ2v) is 3.87. The van der Waals surface area contributed by atoms with Gasteiger partial charge in [-0.3, -0.25) is 0 Å². The lowest BCUT2D eigenvalue weighted by atomic mass is 9.91. The Hall–Kier alpha value is -1.22. The predicted octanol–water partition coefficient (Wildman–Crippen LogP) is 1.04. The molecular formula is C10H13NO2. The van der Waals surface area contributed by atoms with Crippen LogP contribution >= 0.6 is 0 Å². The molecule has 0 saturated carbocycles. The molecule has 3 N–H and O–H groups in total. The van der Waals surface area contributed by atoms with E-state index < -0.39 is 0 Å². The first-order valence-corrected chi connectivity index (χ1v) is 4.31. The Kier molecular flexibility index (Phi) is 1.70. The number of fused-ring (bicyclic) bond motifs is 1. The van der Waals surface area contributed by atoms with E-state index in [1.165, 1.54) is 0 Å². The second-order valence-electron chi connectivity index (χ2n) is 3.87. The Morgan fingerprint density at radius 1 is 1.54 bits per heavy atom. The van der Waals surface area contributed by atoms with Gasteiger partial charge in [0.2, 0.25) is 0 Å². The lowest BCUT2D eigenvalue weighted by Gasteiger charge is -2.31. The lowest BCUT2D eigenvalue weighted by Crippen LogP contribution is -2.47. The molecule has 0 aromatic heterocycles. The van der Waals surface area contributed by atoms with Crippen molar-refractivity contribution in [1.82, 2.24) is 0 Å². The molecule has 0 radical (unpaired) electrons. The Bertz CT molecular complexity index is 334. The van der Waals surface area contributed by atoms with Crippen LogP contribution in [0.1, 0.15) is 12.5 Å². The molecular weight excluding hydrogens is 166 g/mol. The largest absolute Gasteiger partial charge is 0.508 e. The summed E-state index contributed by atoms with van der Waals surface area (Å²) in [6.07, 6.45) is 0.662. The molecule has 1 aliphatic rings. The molecule has 0 amide bonds. The molecule has 1 aromatic carbocycles. The highest BCUT2D eigenvalue weighted by Gasteiger charge is 2.28. The van der Waals surface area contributed by atoms with Crippen molar-refractivity contribution < 1.29 is 9.84 Å². The zero-order chi connectivity index (χ0) is 9.47. The fraction of sp³-hybridized carbons (Fsp3) is 0.400. The average Bonchev–Trinajstić information content (AvgIpc) is 2.06. The topological polar surface area (TPSA) is 55.5 Å². The summed E-state index contributed by atoms with van der Waals surface area (Å²) in [5.74, 6) is 1.02. The minimum absolute atomic E-state index is 0.272. The maximum atomic E-state index is 9.55. The molecule has 13 heavy (non-hydrogen) atoms. The number of rotatable bonds is 0. The van der Waals surface area contributed by atoms with E-state index in [2.05, 4.69) is 0 Å². The Labute approximate surface area is 77.1 Å². The van der Waals surface area contributed by atoms with E-state index in [9.17, 15) is 5.11 Å². The van der Waals surface area contributed by atoms with Gasteiger partial charge in [0.25, 0.3) is 0 Å². The number of hydrogen-bond acceptors (Lipinski definition) is 3. The molecule has 1 unspecified atom stereocenters. The standard InChI is InChI=1S/C10H13NO2/c1-10(11)5-7-8(12)3-2-4-9(7)13-6-10/h2-4,12H,5-6,11H2,1H3. The first-order valence-electron chi connectivity index (χ1n) is 4.31. The number of hydrogen-bond donors (Lipinski definition) is 2. The molecule has 1 aromatic rings. The first-order chi connectivity index (χ1) is 6.08. The van der Waals surface area contributed by atoms with E-state index in [0.29, 0.717) is 13.0 Å². The monoisotopic (exact) mass is 179 g/mol. The van der Waals surface area contributed by atoms with Crippen LogP contribution in [-0.4, -0.2) is 17.3 Å². The molecule has 0 bridgehead atoms. The molecule has 0 spiro atoms. The summed E-state index contributed by atoms with van der Waals surface area (Å²) in [5.41, 5.74) is 6.37. The number of phenolic OH excluding ortho intramolecular Hbond substituents is 1. The zero-order valence-electron chi connectivity index (χ0n) is 7.58. The normalized spacial score (nSPS) is 26.3. The molecule has 1 atom stereocenters. The third kappa shape index (κ3) is 1.47. The van der Waals surface area contributed by atoms with Crippen LogP contribution in [0, 0.1) is 0 Å². The van der Waals surface area contributed by atoms with Gasteiger partial charge in [0, 0.05) is 12.0 Å². The molecule has 3 heteroatoms. The van der Waals surface area contributed by atoms with Crippen molar-refractivity contribution in [2.45, 2.75) is 18.9 Å². The minimum Gasteiger partial charge on any atom is -0.508 e. The first kappa shape index (κ1) is 8.38. The third-order valence-corrected chi connectivity index (χ3v) is 2.25. The Morgan fingerprint density at radius 2 is 2.31 bits per heavy atom. The number of phenols is 1. The van der Waals surface area contributed by atoms with Gasteiger partial charge in [-0.2, -0.15) is 0 Å². The van der Waals surface area contributed by atoms with Crippen molar-refractivity contribution in [2.24, 2.45) is 5.73 Å². The second kappa shape index (κ2) is 2.64. The van der Waals surface area contributed by atoms with Gasteiger partial charge < -0.3 is 15.6 Å². The van der Waals surface area contributed by atoms with Crippen LogP contribution in [0.25, 0.3) is 0 Å². The van der Waals surface area contributed by atoms with Gasteiger partial charge in [0.15, 0.2) is 0 Å². The summed E-state index contributed by atoms with van der Waals surface area (Å²) < 4.78 is 5.43. The maximum Gasteiger partial charge on any atom is 0.126 e. The zero-order valence-corrected chi connectivity index (χ0v) is 7.58. The summed E-state index contributed by atoms with van der Waals surface area (Å²) in [7, 11) is 0. The molecule has 0 aliphatic carbocycles. The number of ether oxygens (including phenoxy) is 1. The summed E-state index contributed by atoms with van der Waals surface area (Å²) in [5, 5.41) is 9.55. The van der Waals surface area contributed by atoms with Crippen molar-refractivity contribution in [3.8, 4) is 11.5 Å². The third-order valence-electron chi connectivity index (χ3n) is 2.25. The van der Waals surface area contributed by atoms with Crippen LogP contribution in [0.15, 0.2) is 18.2 Å². The molecule has 1 heterocycles. The smallest absolute Gasteiger partial charge is 0.126 e. The minimum atomic E-state index is -0.369. The van der Waals surface area contributed by atoms with Crippen molar-refractivity contribution >= 4 is 0 Å². The van der Waals surface area contributed by atoms with E-state index in [0.717, 1.165) is 11.3 Å². The van der Waals surface area contributed by atoms with E-state index >= 15 is 0 Å². The summed E-state index contributed by atoms with van der Waals surface area (Å²) in [6, 6.07) is 5.28. The van der Waals surface area contributed by atoms with Gasteiger partial charge in [-0.25, -0.2) is 0 Å². The lowest BCUT2D eigenvalue weighted by molar-refractivity contribution is 0.201. The molecule has 3 nitrogen and oxygen atoms in total.